The van der Waals surface area contributed by atoms with Gasteiger partial charge in [0.2, 0.25) is 0 Å². The van der Waals surface area contributed by atoms with Gasteiger partial charge < -0.3 is 14.0 Å². The number of ether oxygens (including phenoxy) is 2. The second-order valence-electron chi connectivity index (χ2n) is 6.44. The molecule has 0 bridgehead atoms. The third-order valence-corrected chi connectivity index (χ3v) is 4.32. The molecular formula is C22H24N2O3. The zero-order valence-corrected chi connectivity index (χ0v) is 15.7. The summed E-state index contributed by atoms with van der Waals surface area (Å²) in [5.41, 5.74) is 3.29. The van der Waals surface area contributed by atoms with Crippen molar-refractivity contribution in [3.8, 4) is 5.75 Å². The van der Waals surface area contributed by atoms with Crippen molar-refractivity contribution in [1.82, 2.24) is 9.55 Å². The van der Waals surface area contributed by atoms with E-state index in [-0.39, 0.29) is 19.0 Å². The van der Waals surface area contributed by atoms with E-state index in [9.17, 15) is 4.79 Å². The largest absolute Gasteiger partial charge is 0.492 e. The number of benzene rings is 2. The number of imidazole rings is 1. The number of carbonyl (C=O) groups excluding carboxylic acids is 1. The molecule has 140 valence electrons. The number of aromatic nitrogens is 2. The van der Waals surface area contributed by atoms with E-state index in [1.807, 2.05) is 61.0 Å². The summed E-state index contributed by atoms with van der Waals surface area (Å²) in [5, 5.41) is 0. The van der Waals surface area contributed by atoms with Crippen molar-refractivity contribution < 1.29 is 14.3 Å². The summed E-state index contributed by atoms with van der Waals surface area (Å²) in [5.74, 6) is 1.27. The first kappa shape index (κ1) is 18.7. The van der Waals surface area contributed by atoms with E-state index in [4.69, 9.17) is 9.47 Å². The van der Waals surface area contributed by atoms with Gasteiger partial charge in [0.15, 0.2) is 0 Å². The van der Waals surface area contributed by atoms with Crippen LogP contribution in [0.4, 0.5) is 0 Å². The predicted molar refractivity (Wildman–Crippen MR) is 104 cm³/mol. The first-order chi connectivity index (χ1) is 13.1. The first-order valence-corrected chi connectivity index (χ1v) is 9.02. The van der Waals surface area contributed by atoms with Crippen LogP contribution in [0.25, 0.3) is 0 Å². The van der Waals surface area contributed by atoms with Gasteiger partial charge in [-0.3, -0.25) is 4.79 Å². The highest BCUT2D eigenvalue weighted by Crippen LogP contribution is 2.22. The number of aryl methyl sites for hydroxylation is 2. The molecule has 0 unspecified atom stereocenters. The summed E-state index contributed by atoms with van der Waals surface area (Å²) >= 11 is 0. The van der Waals surface area contributed by atoms with Crippen LogP contribution >= 0.6 is 0 Å². The zero-order valence-electron chi connectivity index (χ0n) is 15.7. The number of carbonyl (C=O) groups is 1. The third-order valence-electron chi connectivity index (χ3n) is 4.32. The third kappa shape index (κ3) is 5.20. The standard InChI is InChI=1S/C22H24N2O3/c1-17-7-6-8-18(2)22(17)26-14-11-21(25)27-16-20-23-12-13-24(20)15-19-9-4-3-5-10-19/h3-10,12-13H,11,14-16H2,1-2H3. The molecule has 0 N–H and O–H groups in total. The lowest BCUT2D eigenvalue weighted by atomic mass is 10.1. The lowest BCUT2D eigenvalue weighted by Crippen LogP contribution is -2.13. The van der Waals surface area contributed by atoms with Crippen LogP contribution in [-0.2, 0) is 22.7 Å². The Morgan fingerprint density at radius 3 is 2.52 bits per heavy atom. The summed E-state index contributed by atoms with van der Waals surface area (Å²) in [6, 6.07) is 16.1. The Balaban J connectivity index is 1.47. The van der Waals surface area contributed by atoms with Gasteiger partial charge in [0, 0.05) is 18.9 Å². The maximum atomic E-state index is 12.0. The van der Waals surface area contributed by atoms with Crippen molar-refractivity contribution in [3.63, 3.8) is 0 Å². The number of esters is 1. The normalized spacial score (nSPS) is 10.6. The molecular weight excluding hydrogens is 340 g/mol. The highest BCUT2D eigenvalue weighted by molar-refractivity contribution is 5.69. The Labute approximate surface area is 159 Å². The number of nitrogens with zero attached hydrogens (tertiary/aromatic N) is 2. The molecule has 0 aliphatic rings. The lowest BCUT2D eigenvalue weighted by molar-refractivity contribution is -0.145. The molecule has 0 aliphatic carbocycles. The van der Waals surface area contributed by atoms with Gasteiger partial charge >= 0.3 is 5.97 Å². The monoisotopic (exact) mass is 364 g/mol. The average molecular weight is 364 g/mol. The molecule has 0 fully saturated rings. The second kappa shape index (κ2) is 9.03. The Bertz CT molecular complexity index is 867. The fourth-order valence-corrected chi connectivity index (χ4v) is 2.88. The van der Waals surface area contributed by atoms with Crippen LogP contribution in [0.1, 0.15) is 28.9 Å². The van der Waals surface area contributed by atoms with Gasteiger partial charge in [-0.25, -0.2) is 4.98 Å². The van der Waals surface area contributed by atoms with E-state index >= 15 is 0 Å². The molecule has 1 aromatic heterocycles. The van der Waals surface area contributed by atoms with Crippen LogP contribution in [0.5, 0.6) is 5.75 Å². The smallest absolute Gasteiger partial charge is 0.309 e. The molecule has 3 aromatic rings. The van der Waals surface area contributed by atoms with Gasteiger partial charge in [0.05, 0.1) is 13.0 Å². The quantitative estimate of drug-likeness (QED) is 0.566. The van der Waals surface area contributed by atoms with Crippen LogP contribution in [0, 0.1) is 13.8 Å². The summed E-state index contributed by atoms with van der Waals surface area (Å²) < 4.78 is 13.1. The fourth-order valence-electron chi connectivity index (χ4n) is 2.88. The van der Waals surface area contributed by atoms with Crippen molar-refractivity contribution in [2.24, 2.45) is 0 Å². The summed E-state index contributed by atoms with van der Waals surface area (Å²) in [7, 11) is 0. The maximum Gasteiger partial charge on any atom is 0.309 e. The van der Waals surface area contributed by atoms with Crippen LogP contribution < -0.4 is 4.74 Å². The minimum absolute atomic E-state index is 0.155. The van der Waals surface area contributed by atoms with Gasteiger partial charge in [-0.15, -0.1) is 0 Å². The van der Waals surface area contributed by atoms with E-state index in [0.717, 1.165) is 22.7 Å². The van der Waals surface area contributed by atoms with Gasteiger partial charge in [0.1, 0.15) is 18.2 Å². The molecule has 5 nitrogen and oxygen atoms in total. The van der Waals surface area contributed by atoms with Crippen molar-refractivity contribution in [2.75, 3.05) is 6.61 Å². The molecule has 0 spiro atoms. The number of hydrogen-bond acceptors (Lipinski definition) is 4. The average Bonchev–Trinajstić information content (AvgIpc) is 3.10. The molecule has 0 aliphatic heterocycles. The van der Waals surface area contributed by atoms with Crippen molar-refractivity contribution in [3.05, 3.63) is 83.4 Å². The lowest BCUT2D eigenvalue weighted by Gasteiger charge is -2.12. The Kier molecular flexibility index (Phi) is 6.26. The molecule has 5 heteroatoms. The van der Waals surface area contributed by atoms with E-state index in [2.05, 4.69) is 17.1 Å². The topological polar surface area (TPSA) is 53.4 Å². The number of hydrogen-bond donors (Lipinski definition) is 0. The highest BCUT2D eigenvalue weighted by atomic mass is 16.5. The molecule has 0 atom stereocenters. The molecule has 0 saturated heterocycles. The zero-order chi connectivity index (χ0) is 19.1. The fraction of sp³-hybridized carbons (Fsp3) is 0.273. The number of rotatable bonds is 8. The summed E-state index contributed by atoms with van der Waals surface area (Å²) in [6.07, 6.45) is 3.81. The van der Waals surface area contributed by atoms with E-state index in [1.165, 1.54) is 5.56 Å². The highest BCUT2D eigenvalue weighted by Gasteiger charge is 2.10. The Hall–Kier alpha value is -3.08. The molecule has 0 radical (unpaired) electrons. The molecule has 0 saturated carbocycles. The van der Waals surface area contributed by atoms with Gasteiger partial charge in [0.25, 0.3) is 0 Å². The van der Waals surface area contributed by atoms with Crippen molar-refractivity contribution in [1.29, 1.82) is 0 Å². The van der Waals surface area contributed by atoms with Gasteiger partial charge in [-0.1, -0.05) is 48.5 Å². The number of para-hydroxylation sites is 1. The molecule has 3 rings (SSSR count). The Morgan fingerprint density at radius 1 is 1.04 bits per heavy atom. The van der Waals surface area contributed by atoms with Crippen LogP contribution in [0.3, 0.4) is 0 Å². The van der Waals surface area contributed by atoms with E-state index in [0.29, 0.717) is 13.2 Å². The summed E-state index contributed by atoms with van der Waals surface area (Å²) in [6.45, 7) is 5.13. The van der Waals surface area contributed by atoms with Crippen molar-refractivity contribution in [2.45, 2.75) is 33.4 Å². The SMILES string of the molecule is Cc1cccc(C)c1OCCC(=O)OCc1nccn1Cc1ccccc1. The molecule has 0 amide bonds. The minimum Gasteiger partial charge on any atom is -0.492 e. The van der Waals surface area contributed by atoms with E-state index < -0.39 is 0 Å². The van der Waals surface area contributed by atoms with Crippen LogP contribution in [0.2, 0.25) is 0 Å². The van der Waals surface area contributed by atoms with Crippen LogP contribution in [-0.4, -0.2) is 22.1 Å². The van der Waals surface area contributed by atoms with Gasteiger partial charge in [-0.2, -0.15) is 0 Å². The Morgan fingerprint density at radius 2 is 1.78 bits per heavy atom. The second-order valence-corrected chi connectivity index (χ2v) is 6.44. The molecule has 2 aromatic carbocycles. The molecule has 27 heavy (non-hydrogen) atoms. The first-order valence-electron chi connectivity index (χ1n) is 9.02. The molecule has 1 heterocycles. The van der Waals surface area contributed by atoms with Crippen molar-refractivity contribution >= 4 is 5.97 Å². The maximum absolute atomic E-state index is 12.0. The van der Waals surface area contributed by atoms with Crippen LogP contribution in [0.15, 0.2) is 60.9 Å². The predicted octanol–water partition coefficient (Wildman–Crippen LogP) is 4.06. The van der Waals surface area contributed by atoms with E-state index in [1.54, 1.807) is 6.20 Å². The minimum atomic E-state index is -0.296. The van der Waals surface area contributed by atoms with Gasteiger partial charge in [-0.05, 0) is 30.5 Å². The summed E-state index contributed by atoms with van der Waals surface area (Å²) in [4.78, 5) is 16.3.